The number of pyridine rings is 1. The lowest BCUT2D eigenvalue weighted by atomic mass is 9.97. The lowest BCUT2D eigenvalue weighted by molar-refractivity contribution is -0.134. The van der Waals surface area contributed by atoms with E-state index < -0.39 is 17.4 Å². The zero-order chi connectivity index (χ0) is 28.9. The summed E-state index contributed by atoms with van der Waals surface area (Å²) >= 11 is 6.79. The highest BCUT2D eigenvalue weighted by molar-refractivity contribution is 6.35. The summed E-state index contributed by atoms with van der Waals surface area (Å²) in [6.07, 6.45) is 1.23. The maximum Gasteiger partial charge on any atom is 0.261 e. The molecule has 2 aromatic rings. The Labute approximate surface area is 236 Å². The summed E-state index contributed by atoms with van der Waals surface area (Å²) in [6, 6.07) is 3.42. The van der Waals surface area contributed by atoms with Crippen LogP contribution in [0.15, 0.2) is 30.9 Å². The maximum absolute atomic E-state index is 15.1. The summed E-state index contributed by atoms with van der Waals surface area (Å²) in [6.45, 7) is 10.8. The minimum atomic E-state index is -0.738. The Morgan fingerprint density at radius 3 is 2.62 bits per heavy atom. The van der Waals surface area contributed by atoms with Crippen LogP contribution in [0.4, 0.5) is 10.2 Å². The topological polar surface area (TPSA) is 107 Å². The van der Waals surface area contributed by atoms with Gasteiger partial charge in [-0.1, -0.05) is 24.2 Å². The Kier molecular flexibility index (Phi) is 7.11. The van der Waals surface area contributed by atoms with Crippen LogP contribution < -0.4 is 9.64 Å². The molecule has 10 nitrogen and oxygen atoms in total. The number of phenolic OH excluding ortho intramolecular Hbond substituents is 1. The van der Waals surface area contributed by atoms with Crippen molar-refractivity contribution in [1.82, 2.24) is 19.7 Å². The van der Waals surface area contributed by atoms with Crippen molar-refractivity contribution in [2.45, 2.75) is 32.4 Å². The highest BCUT2D eigenvalue weighted by Crippen LogP contribution is 2.46. The number of anilines is 1. The first-order valence-electron chi connectivity index (χ1n) is 13.0. The van der Waals surface area contributed by atoms with Crippen molar-refractivity contribution in [3.8, 4) is 22.8 Å². The third kappa shape index (κ3) is 4.61. The van der Waals surface area contributed by atoms with Gasteiger partial charge in [-0.15, -0.1) is 0 Å². The number of piperazine rings is 2. The summed E-state index contributed by atoms with van der Waals surface area (Å²) in [4.78, 5) is 50.3. The van der Waals surface area contributed by atoms with Crippen LogP contribution in [0.5, 0.6) is 11.5 Å². The molecule has 1 N–H and O–H groups in total. The molecule has 3 aliphatic rings. The first-order valence-corrected chi connectivity index (χ1v) is 13.4. The van der Waals surface area contributed by atoms with Crippen molar-refractivity contribution in [3.63, 3.8) is 0 Å². The Hall–Kier alpha value is -3.86. The number of aromatic nitrogens is 1. The molecule has 2 fully saturated rings. The van der Waals surface area contributed by atoms with Crippen molar-refractivity contribution >= 4 is 35.1 Å². The molecule has 4 heterocycles. The predicted molar refractivity (Wildman–Crippen MR) is 147 cm³/mol. The maximum atomic E-state index is 15.1. The quantitative estimate of drug-likeness (QED) is 0.565. The number of carbonyl (C=O) groups is 3. The number of hydrogen-bond acceptors (Lipinski definition) is 7. The number of benzene rings is 1. The van der Waals surface area contributed by atoms with E-state index in [1.165, 1.54) is 31.2 Å². The third-order valence-electron chi connectivity index (χ3n) is 7.75. The molecule has 0 spiro atoms. The monoisotopic (exact) mass is 571 g/mol. The molecule has 5 rings (SSSR count). The number of amides is 3. The Morgan fingerprint density at radius 2 is 1.98 bits per heavy atom. The predicted octanol–water partition coefficient (Wildman–Crippen LogP) is 2.93. The van der Waals surface area contributed by atoms with E-state index in [9.17, 15) is 19.5 Å². The normalized spacial score (nSPS) is 20.3. The zero-order valence-electron chi connectivity index (χ0n) is 22.6. The summed E-state index contributed by atoms with van der Waals surface area (Å²) in [5.41, 5.74) is -0.748. The number of nitrogens with zero attached hydrogens (tertiary/aromatic N) is 5. The van der Waals surface area contributed by atoms with Gasteiger partial charge in [-0.05, 0) is 32.1 Å². The third-order valence-corrected chi connectivity index (χ3v) is 8.10. The molecule has 1 aromatic carbocycles. The molecule has 3 aliphatic heterocycles. The molecule has 3 amide bonds. The Morgan fingerprint density at radius 1 is 1.23 bits per heavy atom. The number of halogens is 2. The van der Waals surface area contributed by atoms with Crippen molar-refractivity contribution in [1.29, 1.82) is 0 Å². The van der Waals surface area contributed by atoms with Gasteiger partial charge < -0.3 is 29.4 Å². The van der Waals surface area contributed by atoms with Gasteiger partial charge >= 0.3 is 0 Å². The van der Waals surface area contributed by atoms with Crippen LogP contribution in [0.3, 0.4) is 0 Å². The summed E-state index contributed by atoms with van der Waals surface area (Å²) < 4.78 is 21.2. The number of rotatable bonds is 3. The fourth-order valence-electron chi connectivity index (χ4n) is 5.84. The molecule has 0 radical (unpaired) electrons. The van der Waals surface area contributed by atoms with Crippen molar-refractivity contribution in [3.05, 3.63) is 47.3 Å². The van der Waals surface area contributed by atoms with Gasteiger partial charge in [0.15, 0.2) is 5.75 Å². The molecule has 212 valence electrons. The standard InChI is InChI=1S/C28H31ClFN5O5/c1-5-20(38)32-9-11-34-17(13-32)14-40-25-22(27(34)39)26(33-10-12-35(16(2)36)28(3,4)15-33)31-24(23(25)29)21-18(30)7-6-8-19(21)37/h5-8,17,37H,1,9-15H2,2-4H3/t17-/m1/s1. The smallest absolute Gasteiger partial charge is 0.261 e. The van der Waals surface area contributed by atoms with E-state index in [-0.39, 0.29) is 76.6 Å². The number of hydrogen-bond donors (Lipinski definition) is 1. The molecule has 12 heteroatoms. The highest BCUT2D eigenvalue weighted by Gasteiger charge is 2.43. The summed E-state index contributed by atoms with van der Waals surface area (Å²) in [5.74, 6) is -1.52. The van der Waals surface area contributed by atoms with E-state index in [2.05, 4.69) is 6.58 Å². The number of phenols is 1. The molecule has 0 bridgehead atoms. The second-order valence-corrected chi connectivity index (χ2v) is 11.2. The van der Waals surface area contributed by atoms with E-state index in [4.69, 9.17) is 21.3 Å². The van der Waals surface area contributed by atoms with E-state index in [1.54, 1.807) is 14.7 Å². The largest absolute Gasteiger partial charge is 0.507 e. The van der Waals surface area contributed by atoms with Gasteiger partial charge in [0.2, 0.25) is 11.8 Å². The van der Waals surface area contributed by atoms with Crippen molar-refractivity contribution < 1.29 is 28.6 Å². The molecular formula is C28H31ClFN5O5. The lowest BCUT2D eigenvalue weighted by Crippen LogP contribution is -2.61. The van der Waals surface area contributed by atoms with Gasteiger partial charge in [-0.3, -0.25) is 14.4 Å². The fourth-order valence-corrected chi connectivity index (χ4v) is 6.12. The molecule has 1 atom stereocenters. The number of carbonyl (C=O) groups excluding carboxylic acids is 3. The molecule has 40 heavy (non-hydrogen) atoms. The van der Waals surface area contributed by atoms with Crippen LogP contribution in [-0.4, -0.2) is 100.0 Å². The lowest BCUT2D eigenvalue weighted by Gasteiger charge is -2.47. The van der Waals surface area contributed by atoms with Gasteiger partial charge in [0.25, 0.3) is 5.91 Å². The minimum absolute atomic E-state index is 0.0368. The Balaban J connectivity index is 1.66. The van der Waals surface area contributed by atoms with Crippen LogP contribution in [0.1, 0.15) is 31.1 Å². The second-order valence-electron chi connectivity index (χ2n) is 10.8. The summed E-state index contributed by atoms with van der Waals surface area (Å²) in [5, 5.41) is 10.5. The van der Waals surface area contributed by atoms with E-state index >= 15 is 4.39 Å². The number of aromatic hydroxyl groups is 1. The first-order chi connectivity index (χ1) is 18.9. The molecule has 0 unspecified atom stereocenters. The van der Waals surface area contributed by atoms with Crippen LogP contribution >= 0.6 is 11.6 Å². The van der Waals surface area contributed by atoms with Gasteiger partial charge in [-0.2, -0.15) is 0 Å². The van der Waals surface area contributed by atoms with Gasteiger partial charge in [0.1, 0.15) is 40.3 Å². The van der Waals surface area contributed by atoms with Crippen LogP contribution in [0.2, 0.25) is 5.02 Å². The van der Waals surface area contributed by atoms with Crippen LogP contribution in [0.25, 0.3) is 11.3 Å². The second kappa shape index (κ2) is 10.3. The van der Waals surface area contributed by atoms with E-state index in [0.29, 0.717) is 26.2 Å². The molecule has 2 saturated heterocycles. The summed E-state index contributed by atoms with van der Waals surface area (Å²) in [7, 11) is 0. The number of ether oxygens (including phenoxy) is 1. The first kappa shape index (κ1) is 27.7. The average Bonchev–Trinajstić information content (AvgIpc) is 3.05. The SMILES string of the molecule is C=CC(=O)N1CCN2C(=O)c3c(N4CCN(C(C)=O)C(C)(C)C4)nc(-c4c(O)cccc4F)c(Cl)c3OC[C@H]2C1. The molecule has 0 saturated carbocycles. The fraction of sp³-hybridized carbons (Fsp3) is 0.429. The van der Waals surface area contributed by atoms with E-state index in [1.807, 2.05) is 18.7 Å². The average molecular weight is 572 g/mol. The van der Waals surface area contributed by atoms with Crippen LogP contribution in [0, 0.1) is 5.82 Å². The molecule has 0 aliphatic carbocycles. The van der Waals surface area contributed by atoms with Gasteiger partial charge in [0, 0.05) is 46.2 Å². The Bertz CT molecular complexity index is 1400. The van der Waals surface area contributed by atoms with Crippen molar-refractivity contribution in [2.24, 2.45) is 0 Å². The zero-order valence-corrected chi connectivity index (χ0v) is 23.4. The van der Waals surface area contributed by atoms with Crippen LogP contribution in [-0.2, 0) is 9.59 Å². The molecule has 1 aromatic heterocycles. The molecular weight excluding hydrogens is 541 g/mol. The number of fused-ring (bicyclic) bond motifs is 2. The van der Waals surface area contributed by atoms with Crippen molar-refractivity contribution in [2.75, 3.05) is 50.8 Å². The van der Waals surface area contributed by atoms with E-state index in [0.717, 1.165) is 0 Å². The van der Waals surface area contributed by atoms with Gasteiger partial charge in [0.05, 0.1) is 17.1 Å². The highest BCUT2D eigenvalue weighted by atomic mass is 35.5. The van der Waals surface area contributed by atoms with Gasteiger partial charge in [-0.25, -0.2) is 9.37 Å². The minimum Gasteiger partial charge on any atom is -0.507 e.